The predicted octanol–water partition coefficient (Wildman–Crippen LogP) is 0.701. The molecule has 1 saturated carbocycles. The van der Waals surface area contributed by atoms with Crippen LogP contribution in [0.4, 0.5) is 0 Å². The van der Waals surface area contributed by atoms with E-state index in [1.165, 1.54) is 6.42 Å². The molecule has 6 nitrogen and oxygen atoms in total. The van der Waals surface area contributed by atoms with Crippen molar-refractivity contribution in [1.29, 1.82) is 0 Å². The normalized spacial score (nSPS) is 46.6. The Morgan fingerprint density at radius 3 is 2.48 bits per heavy atom. The van der Waals surface area contributed by atoms with Gasteiger partial charge in [-0.05, 0) is 50.9 Å². The third kappa shape index (κ3) is 4.52. The van der Waals surface area contributed by atoms with Gasteiger partial charge in [0.2, 0.25) is 5.79 Å². The average molecular weight is 525 g/mol. The zero-order valence-corrected chi connectivity index (χ0v) is 21.1. The molecule has 1 spiro atoms. The van der Waals surface area contributed by atoms with E-state index >= 15 is 0 Å². The maximum absolute atomic E-state index is 6.45. The zero-order chi connectivity index (χ0) is 20.2. The fourth-order valence-corrected chi connectivity index (χ4v) is 5.95. The van der Waals surface area contributed by atoms with Gasteiger partial charge in [0, 0.05) is 24.9 Å². The molecule has 5 fully saturated rings. The molecule has 0 amide bonds. The molecule has 4 saturated heterocycles. The van der Waals surface area contributed by atoms with E-state index in [2.05, 4.69) is 35.0 Å². The smallest absolute Gasteiger partial charge is 0.201 e. The fourth-order valence-electron chi connectivity index (χ4n) is 5.95. The van der Waals surface area contributed by atoms with Crippen LogP contribution in [0.3, 0.4) is 0 Å². The van der Waals surface area contributed by atoms with Crippen molar-refractivity contribution in [2.75, 3.05) is 34.3 Å². The molecule has 5 rings (SSSR count). The van der Waals surface area contributed by atoms with Gasteiger partial charge in [-0.1, -0.05) is 13.8 Å². The molecule has 1 unspecified atom stereocenters. The van der Waals surface area contributed by atoms with Crippen LogP contribution >= 0.6 is 0 Å². The summed E-state index contributed by atoms with van der Waals surface area (Å²) in [5, 5.41) is 0. The molecule has 1 aliphatic carbocycles. The van der Waals surface area contributed by atoms with Crippen molar-refractivity contribution in [3.8, 4) is 0 Å². The van der Waals surface area contributed by atoms with Crippen LogP contribution < -0.4 is 24.0 Å². The highest BCUT2D eigenvalue weighted by Gasteiger charge is 2.69. The summed E-state index contributed by atoms with van der Waals surface area (Å²) >= 11 is 0. The highest BCUT2D eigenvalue weighted by Crippen LogP contribution is 2.60. The van der Waals surface area contributed by atoms with Gasteiger partial charge in [0.1, 0.15) is 0 Å². The van der Waals surface area contributed by atoms with Crippen LogP contribution in [0.15, 0.2) is 0 Å². The standard InChI is InChI=1S/C22H40NO5.HI/c1-15-9-10-18-16(2)19(24-14-8-7-13-23(4,5)6)25-20-22(18)17(15)11-12-21(3,26-20)27-28-22;/h15-20H,7-14H2,1-6H3;1H/q+1;/p-1/t15-,16-,17+,18+,19-,20-,21?,22+;/m1./s1. The van der Waals surface area contributed by atoms with Crippen LogP contribution in [-0.2, 0) is 24.0 Å². The third-order valence-electron chi connectivity index (χ3n) is 7.60. The first kappa shape index (κ1) is 24.1. The Balaban J connectivity index is 0.00000240. The molecule has 170 valence electrons. The van der Waals surface area contributed by atoms with Crippen molar-refractivity contribution in [2.24, 2.45) is 23.7 Å². The van der Waals surface area contributed by atoms with E-state index in [9.17, 15) is 0 Å². The Bertz CT molecular complexity index is 572. The van der Waals surface area contributed by atoms with Gasteiger partial charge >= 0.3 is 0 Å². The first-order valence-electron chi connectivity index (χ1n) is 11.3. The molecule has 2 bridgehead atoms. The lowest BCUT2D eigenvalue weighted by Crippen LogP contribution is -3.00. The van der Waals surface area contributed by atoms with Crippen molar-refractivity contribution in [2.45, 2.75) is 83.3 Å². The molecule has 0 aromatic carbocycles. The first-order valence-corrected chi connectivity index (χ1v) is 11.3. The van der Waals surface area contributed by atoms with Crippen LogP contribution in [-0.4, -0.2) is 62.7 Å². The van der Waals surface area contributed by atoms with Crippen LogP contribution in [0.1, 0.15) is 59.3 Å². The van der Waals surface area contributed by atoms with Gasteiger partial charge < -0.3 is 42.7 Å². The van der Waals surface area contributed by atoms with Crippen LogP contribution in [0.5, 0.6) is 0 Å². The molecule has 5 aliphatic rings. The van der Waals surface area contributed by atoms with Gasteiger partial charge in [0.15, 0.2) is 18.2 Å². The summed E-state index contributed by atoms with van der Waals surface area (Å²) in [6.45, 7) is 8.46. The van der Waals surface area contributed by atoms with E-state index in [0.717, 1.165) is 49.7 Å². The number of fused-ring (bicyclic) bond motifs is 2. The molecule has 4 aliphatic heterocycles. The number of ether oxygens (including phenoxy) is 3. The van der Waals surface area contributed by atoms with E-state index < -0.39 is 17.7 Å². The molecular formula is C22H40INO5. The SMILES string of the molecule is C[C@H]1[C@H](OCCCC[N+](C)(C)C)O[C@@H]2OC3(C)CC[C@H]4[C@H](C)CC[C@@H]1[C@]24OO3.[I-]. The van der Waals surface area contributed by atoms with Crippen LogP contribution in [0, 0.1) is 23.7 Å². The third-order valence-corrected chi connectivity index (χ3v) is 7.60. The summed E-state index contributed by atoms with van der Waals surface area (Å²) in [4.78, 5) is 12.0. The average Bonchev–Trinajstić information content (AvgIpc) is 2.84. The lowest BCUT2D eigenvalue weighted by Gasteiger charge is -2.60. The van der Waals surface area contributed by atoms with Gasteiger partial charge in [0.25, 0.3) is 0 Å². The van der Waals surface area contributed by atoms with Crippen molar-refractivity contribution >= 4 is 0 Å². The van der Waals surface area contributed by atoms with E-state index in [1.807, 2.05) is 6.92 Å². The quantitative estimate of drug-likeness (QED) is 0.221. The number of unbranched alkanes of at least 4 members (excludes halogenated alkanes) is 1. The van der Waals surface area contributed by atoms with E-state index in [4.69, 9.17) is 24.0 Å². The Morgan fingerprint density at radius 2 is 1.76 bits per heavy atom. The molecule has 0 N–H and O–H groups in total. The monoisotopic (exact) mass is 525 g/mol. The first-order chi connectivity index (χ1) is 13.1. The number of quaternary nitrogens is 1. The largest absolute Gasteiger partial charge is 1.00 e. The van der Waals surface area contributed by atoms with Gasteiger partial charge in [-0.25, -0.2) is 9.78 Å². The van der Waals surface area contributed by atoms with E-state index in [-0.39, 0.29) is 36.2 Å². The molecule has 4 heterocycles. The maximum Gasteiger partial charge on any atom is 0.201 e. The summed E-state index contributed by atoms with van der Waals surface area (Å²) in [6, 6.07) is 0. The second kappa shape index (κ2) is 8.79. The Labute approximate surface area is 193 Å². The molecular weight excluding hydrogens is 485 g/mol. The lowest BCUT2D eigenvalue weighted by molar-refractivity contribution is -0.870. The summed E-state index contributed by atoms with van der Waals surface area (Å²) in [5.41, 5.74) is -0.489. The second-order valence-corrected chi connectivity index (χ2v) is 10.9. The van der Waals surface area contributed by atoms with Gasteiger partial charge in [-0.15, -0.1) is 0 Å². The highest BCUT2D eigenvalue weighted by atomic mass is 127. The van der Waals surface area contributed by atoms with Crippen LogP contribution in [0.25, 0.3) is 0 Å². The Hall–Kier alpha value is 0.490. The van der Waals surface area contributed by atoms with E-state index in [1.54, 1.807) is 0 Å². The minimum absolute atomic E-state index is 0. The fraction of sp³-hybridized carbons (Fsp3) is 1.00. The number of hydrogen-bond acceptors (Lipinski definition) is 5. The summed E-state index contributed by atoms with van der Waals surface area (Å²) in [6.07, 6.45) is 5.84. The minimum Gasteiger partial charge on any atom is -1.00 e. The van der Waals surface area contributed by atoms with Crippen LogP contribution in [0.2, 0.25) is 0 Å². The van der Waals surface area contributed by atoms with Gasteiger partial charge in [-0.3, -0.25) is 0 Å². The Kier molecular flexibility index (Phi) is 7.32. The molecule has 8 atom stereocenters. The summed E-state index contributed by atoms with van der Waals surface area (Å²) < 4.78 is 20.1. The summed E-state index contributed by atoms with van der Waals surface area (Å²) in [7, 11) is 6.69. The topological polar surface area (TPSA) is 46.2 Å². The zero-order valence-electron chi connectivity index (χ0n) is 19.0. The van der Waals surface area contributed by atoms with Crippen molar-refractivity contribution in [3.63, 3.8) is 0 Å². The van der Waals surface area contributed by atoms with Gasteiger partial charge in [0.05, 0.1) is 27.7 Å². The lowest BCUT2D eigenvalue weighted by atomic mass is 9.58. The number of rotatable bonds is 6. The molecule has 29 heavy (non-hydrogen) atoms. The van der Waals surface area contributed by atoms with Crippen molar-refractivity contribution in [3.05, 3.63) is 0 Å². The Morgan fingerprint density at radius 1 is 1.00 bits per heavy atom. The van der Waals surface area contributed by atoms with Crippen molar-refractivity contribution < 1.29 is 52.4 Å². The van der Waals surface area contributed by atoms with Crippen molar-refractivity contribution in [1.82, 2.24) is 0 Å². The summed E-state index contributed by atoms with van der Waals surface area (Å²) in [5.74, 6) is 0.891. The number of nitrogens with zero attached hydrogens (tertiary/aromatic N) is 1. The molecule has 0 aromatic heterocycles. The number of hydrogen-bond donors (Lipinski definition) is 0. The second-order valence-electron chi connectivity index (χ2n) is 10.9. The molecule has 7 heteroatoms. The highest BCUT2D eigenvalue weighted by molar-refractivity contribution is 5.09. The minimum atomic E-state index is -0.715. The number of halogens is 1. The maximum atomic E-state index is 6.45. The van der Waals surface area contributed by atoms with Gasteiger partial charge in [-0.2, -0.15) is 0 Å². The van der Waals surface area contributed by atoms with E-state index in [0.29, 0.717) is 17.8 Å². The molecule has 0 radical (unpaired) electrons. The predicted molar refractivity (Wildman–Crippen MR) is 105 cm³/mol. The molecule has 0 aromatic rings.